The summed E-state index contributed by atoms with van der Waals surface area (Å²) < 4.78 is 17.0. The molecule has 2 unspecified atom stereocenters. The van der Waals surface area contributed by atoms with Crippen molar-refractivity contribution in [2.75, 3.05) is 32.1 Å². The van der Waals surface area contributed by atoms with Crippen molar-refractivity contribution in [3.05, 3.63) is 95.3 Å². The van der Waals surface area contributed by atoms with E-state index in [4.69, 9.17) is 14.2 Å². The summed E-state index contributed by atoms with van der Waals surface area (Å²) in [5.74, 6) is -0.514. The molecule has 2 aromatic carbocycles. The van der Waals surface area contributed by atoms with Gasteiger partial charge in [-0.15, -0.1) is 11.8 Å². The van der Waals surface area contributed by atoms with E-state index in [1.807, 2.05) is 72.9 Å². The van der Waals surface area contributed by atoms with Gasteiger partial charge in [-0.05, 0) is 49.7 Å². The Bertz CT molecular complexity index is 1280. The molecule has 9 nitrogen and oxygen atoms in total. The molecule has 5 rings (SSSR count). The van der Waals surface area contributed by atoms with Crippen LogP contribution in [0.5, 0.6) is 0 Å². The first kappa shape index (κ1) is 28.8. The molecule has 216 valence electrons. The van der Waals surface area contributed by atoms with E-state index in [1.54, 1.807) is 20.8 Å². The van der Waals surface area contributed by atoms with Gasteiger partial charge in [0, 0.05) is 18.8 Å². The fourth-order valence-electron chi connectivity index (χ4n) is 4.86. The Morgan fingerprint density at radius 2 is 1.63 bits per heavy atom. The number of nitrogens with zero attached hydrogens (tertiary/aromatic N) is 2. The minimum atomic E-state index is -0.804. The van der Waals surface area contributed by atoms with Gasteiger partial charge in [-0.25, -0.2) is 9.59 Å². The van der Waals surface area contributed by atoms with E-state index in [0.29, 0.717) is 24.5 Å². The first-order valence-electron chi connectivity index (χ1n) is 13.7. The van der Waals surface area contributed by atoms with Gasteiger partial charge in [0.25, 0.3) is 5.91 Å². The average Bonchev–Trinajstić information content (AvgIpc) is 2.97. The highest BCUT2D eigenvalue weighted by atomic mass is 32.2. The lowest BCUT2D eigenvalue weighted by atomic mass is 10.0. The molecular weight excluding hydrogens is 542 g/mol. The molecule has 0 aliphatic carbocycles. The zero-order chi connectivity index (χ0) is 29.0. The van der Waals surface area contributed by atoms with Gasteiger partial charge >= 0.3 is 12.1 Å². The number of carbonyl (C=O) groups excluding carboxylic acids is 3. The van der Waals surface area contributed by atoms with Gasteiger partial charge in [0.1, 0.15) is 22.7 Å². The molecule has 0 aromatic heterocycles. The highest BCUT2D eigenvalue weighted by molar-refractivity contribution is 8.00. The first-order chi connectivity index (χ1) is 19.7. The quantitative estimate of drug-likeness (QED) is 0.386. The van der Waals surface area contributed by atoms with Crippen LogP contribution in [0, 0.1) is 0 Å². The Kier molecular flexibility index (Phi) is 8.70. The number of hydrogen-bond acceptors (Lipinski definition) is 8. The zero-order valence-corrected chi connectivity index (χ0v) is 24.3. The largest absolute Gasteiger partial charge is 0.448 e. The van der Waals surface area contributed by atoms with E-state index in [9.17, 15) is 14.4 Å². The Morgan fingerprint density at radius 1 is 1.02 bits per heavy atom. The molecule has 2 saturated heterocycles. The molecule has 41 heavy (non-hydrogen) atoms. The minimum absolute atomic E-state index is 0.197. The smallest absolute Gasteiger partial charge is 0.408 e. The van der Waals surface area contributed by atoms with Crippen molar-refractivity contribution in [1.82, 2.24) is 15.1 Å². The van der Waals surface area contributed by atoms with Crippen LogP contribution in [0.2, 0.25) is 0 Å². The maximum Gasteiger partial charge on any atom is 0.408 e. The molecule has 1 N–H and O–H groups in total. The fourth-order valence-corrected chi connectivity index (χ4v) is 6.18. The van der Waals surface area contributed by atoms with Gasteiger partial charge in [0.05, 0.1) is 13.2 Å². The van der Waals surface area contributed by atoms with Gasteiger partial charge in [0.15, 0.2) is 6.10 Å². The number of amides is 2. The lowest BCUT2D eigenvalue weighted by Gasteiger charge is -2.49. The molecule has 2 fully saturated rings. The van der Waals surface area contributed by atoms with Crippen molar-refractivity contribution in [3.63, 3.8) is 0 Å². The third kappa shape index (κ3) is 6.77. The van der Waals surface area contributed by atoms with E-state index >= 15 is 0 Å². The molecular formula is C31H35N3O6S. The van der Waals surface area contributed by atoms with Crippen LogP contribution in [0.25, 0.3) is 0 Å². The Morgan fingerprint density at radius 3 is 2.22 bits per heavy atom. The van der Waals surface area contributed by atoms with Crippen molar-refractivity contribution < 1.29 is 28.6 Å². The van der Waals surface area contributed by atoms with Crippen LogP contribution in [-0.2, 0) is 23.8 Å². The lowest BCUT2D eigenvalue weighted by molar-refractivity contribution is -0.153. The summed E-state index contributed by atoms with van der Waals surface area (Å²) in [5.41, 5.74) is 1.82. The maximum atomic E-state index is 14.0. The summed E-state index contributed by atoms with van der Waals surface area (Å²) in [6.07, 6.45) is 2.49. The van der Waals surface area contributed by atoms with Crippen LogP contribution in [0.3, 0.4) is 0 Å². The molecule has 2 aromatic rings. The molecule has 2 atom stereocenters. The molecule has 3 heterocycles. The Hall–Kier alpha value is -3.76. The van der Waals surface area contributed by atoms with Crippen molar-refractivity contribution in [2.24, 2.45) is 0 Å². The number of esters is 1. The molecule has 3 aliphatic heterocycles. The van der Waals surface area contributed by atoms with E-state index < -0.39 is 35.2 Å². The number of hydrogen-bond donors (Lipinski definition) is 1. The van der Waals surface area contributed by atoms with E-state index in [2.05, 4.69) is 10.2 Å². The first-order valence-corrected chi connectivity index (χ1v) is 14.7. The van der Waals surface area contributed by atoms with Gasteiger partial charge in [-0.1, -0.05) is 60.7 Å². The molecule has 0 spiro atoms. The monoisotopic (exact) mass is 577 g/mol. The molecule has 10 heteroatoms. The van der Waals surface area contributed by atoms with E-state index in [0.717, 1.165) is 24.2 Å². The predicted octanol–water partition coefficient (Wildman–Crippen LogP) is 4.23. The second-order valence-corrected chi connectivity index (χ2v) is 12.1. The Labute approximate surface area is 244 Å². The fraction of sp³-hybridized carbons (Fsp3) is 0.387. The predicted molar refractivity (Wildman–Crippen MR) is 156 cm³/mol. The number of allylic oxidation sites excluding steroid dienone is 1. The number of carbonyl (C=O) groups is 3. The second-order valence-electron chi connectivity index (χ2n) is 11.0. The van der Waals surface area contributed by atoms with Crippen LogP contribution in [-0.4, -0.2) is 76.8 Å². The second kappa shape index (κ2) is 12.4. The normalized spacial score (nSPS) is 21.0. The van der Waals surface area contributed by atoms with Crippen molar-refractivity contribution in [3.8, 4) is 0 Å². The van der Waals surface area contributed by atoms with Crippen molar-refractivity contribution in [1.29, 1.82) is 0 Å². The summed E-state index contributed by atoms with van der Waals surface area (Å²) in [6.45, 7) is 8.03. The topological polar surface area (TPSA) is 97.4 Å². The highest BCUT2D eigenvalue weighted by Gasteiger charge is 2.54. The van der Waals surface area contributed by atoms with Gasteiger partial charge < -0.3 is 24.4 Å². The number of nitrogens with one attached hydrogen (secondary N) is 1. The van der Waals surface area contributed by atoms with Crippen LogP contribution >= 0.6 is 11.8 Å². The molecule has 0 bridgehead atoms. The summed E-state index contributed by atoms with van der Waals surface area (Å²) in [6, 6.07) is 18.2. The van der Waals surface area contributed by atoms with E-state index in [1.165, 1.54) is 16.7 Å². The van der Waals surface area contributed by atoms with Crippen molar-refractivity contribution >= 4 is 29.7 Å². The SMILES string of the molecule is CC(C)(C)OC(=O)NC1C(=O)N2C(C(=O)OC(c3ccccc3)c3ccccc3)=C(C=CN3CCOCC3)CSC12. The molecule has 2 amide bonds. The van der Waals surface area contributed by atoms with E-state index in [-0.39, 0.29) is 11.6 Å². The number of benzene rings is 2. The van der Waals surface area contributed by atoms with Crippen molar-refractivity contribution in [2.45, 2.75) is 43.9 Å². The maximum absolute atomic E-state index is 14.0. The summed E-state index contributed by atoms with van der Waals surface area (Å²) in [4.78, 5) is 43.5. The highest BCUT2D eigenvalue weighted by Crippen LogP contribution is 2.42. The van der Waals surface area contributed by atoms with Gasteiger partial charge in [-0.3, -0.25) is 9.69 Å². The Balaban J connectivity index is 1.44. The van der Waals surface area contributed by atoms with Gasteiger partial charge in [-0.2, -0.15) is 0 Å². The zero-order valence-electron chi connectivity index (χ0n) is 23.4. The summed E-state index contributed by atoms with van der Waals surface area (Å²) >= 11 is 1.49. The number of thioether (sulfide) groups is 1. The molecule has 0 saturated carbocycles. The number of morpholine rings is 1. The minimum Gasteiger partial charge on any atom is -0.448 e. The van der Waals surface area contributed by atoms with Crippen LogP contribution < -0.4 is 5.32 Å². The molecule has 3 aliphatic rings. The van der Waals surface area contributed by atoms with Crippen LogP contribution in [0.4, 0.5) is 4.79 Å². The van der Waals surface area contributed by atoms with Crippen LogP contribution in [0.1, 0.15) is 38.0 Å². The number of rotatable bonds is 7. The number of alkyl carbamates (subject to hydrolysis) is 1. The summed E-state index contributed by atoms with van der Waals surface area (Å²) in [5, 5.41) is 2.23. The molecule has 0 radical (unpaired) electrons. The third-order valence-electron chi connectivity index (χ3n) is 6.83. The van der Waals surface area contributed by atoms with Gasteiger partial charge in [0.2, 0.25) is 0 Å². The third-order valence-corrected chi connectivity index (χ3v) is 8.13. The average molecular weight is 578 g/mol. The summed E-state index contributed by atoms with van der Waals surface area (Å²) in [7, 11) is 0. The standard InChI is InChI=1S/C31H35N3O6S/c1-31(2,3)40-30(37)32-24-27(35)34-25(23(20-41-28(24)34)14-15-33-16-18-38-19-17-33)29(36)39-26(21-10-6-4-7-11-21)22-12-8-5-9-13-22/h4-15,24,26,28H,16-20H2,1-3H3,(H,32,37). The number of fused-ring (bicyclic) bond motifs is 1. The number of β-lactam (4-membered cyclic amide) rings is 1. The van der Waals surface area contributed by atoms with Crippen LogP contribution in [0.15, 0.2) is 84.2 Å². The lowest BCUT2D eigenvalue weighted by Crippen LogP contribution is -2.70. The number of ether oxygens (including phenoxy) is 3.